The van der Waals surface area contributed by atoms with Crippen molar-refractivity contribution in [2.75, 3.05) is 0 Å². The average molecular weight is 284 g/mol. The summed E-state index contributed by atoms with van der Waals surface area (Å²) in [6, 6.07) is 12.6. The van der Waals surface area contributed by atoms with Gasteiger partial charge >= 0.3 is 0 Å². The second-order valence-electron chi connectivity index (χ2n) is 4.46. The van der Waals surface area contributed by atoms with E-state index < -0.39 is 11.6 Å². The number of carbonyl (C=O) groups is 1. The molecule has 0 atom stereocenters. The first-order chi connectivity index (χ1) is 10.2. The molecule has 104 valence electrons. The molecule has 0 radical (unpaired) electrons. The van der Waals surface area contributed by atoms with Crippen molar-refractivity contribution in [1.29, 1.82) is 0 Å². The van der Waals surface area contributed by atoms with E-state index in [4.69, 9.17) is 0 Å². The number of carbonyl (C=O) groups excluding carboxylic acids is 1. The minimum Gasteiger partial charge on any atom is -0.298 e. The van der Waals surface area contributed by atoms with Crippen molar-refractivity contribution in [2.45, 2.75) is 0 Å². The first-order valence-corrected chi connectivity index (χ1v) is 6.25. The van der Waals surface area contributed by atoms with E-state index in [2.05, 4.69) is 5.10 Å². The Morgan fingerprint density at radius 3 is 2.43 bits per heavy atom. The number of para-hydroxylation sites is 1. The number of benzene rings is 2. The lowest BCUT2D eigenvalue weighted by Crippen LogP contribution is -1.94. The fourth-order valence-electron chi connectivity index (χ4n) is 2.05. The highest BCUT2D eigenvalue weighted by Crippen LogP contribution is 2.24. The van der Waals surface area contributed by atoms with Gasteiger partial charge in [-0.15, -0.1) is 0 Å². The second-order valence-corrected chi connectivity index (χ2v) is 4.46. The Morgan fingerprint density at radius 1 is 1.00 bits per heavy atom. The molecule has 0 saturated heterocycles. The highest BCUT2D eigenvalue weighted by atomic mass is 19.2. The Bertz CT molecular complexity index is 797. The van der Waals surface area contributed by atoms with Crippen molar-refractivity contribution in [3.8, 4) is 16.9 Å². The van der Waals surface area contributed by atoms with Gasteiger partial charge in [0.15, 0.2) is 17.9 Å². The Balaban J connectivity index is 2.12. The summed E-state index contributed by atoms with van der Waals surface area (Å²) in [5.41, 5.74) is 1.75. The lowest BCUT2D eigenvalue weighted by molar-refractivity contribution is 0.112. The molecule has 0 amide bonds. The molecule has 3 nitrogen and oxygen atoms in total. The van der Waals surface area contributed by atoms with Crippen LogP contribution in [0.25, 0.3) is 16.9 Å². The van der Waals surface area contributed by atoms with E-state index in [1.165, 1.54) is 10.7 Å². The van der Waals surface area contributed by atoms with E-state index >= 15 is 0 Å². The molecule has 0 aliphatic carbocycles. The number of rotatable bonds is 3. The van der Waals surface area contributed by atoms with Crippen LogP contribution in [0.4, 0.5) is 8.78 Å². The van der Waals surface area contributed by atoms with E-state index in [9.17, 15) is 13.6 Å². The fourth-order valence-corrected chi connectivity index (χ4v) is 2.05. The van der Waals surface area contributed by atoms with Gasteiger partial charge in [0.1, 0.15) is 5.69 Å². The molecule has 1 aromatic heterocycles. The Labute approximate surface area is 119 Å². The zero-order valence-corrected chi connectivity index (χ0v) is 10.8. The first-order valence-electron chi connectivity index (χ1n) is 6.25. The summed E-state index contributed by atoms with van der Waals surface area (Å²) in [5, 5.41) is 4.29. The van der Waals surface area contributed by atoms with Crippen LogP contribution in [0.2, 0.25) is 0 Å². The third-order valence-corrected chi connectivity index (χ3v) is 3.08. The van der Waals surface area contributed by atoms with Gasteiger partial charge in [0.25, 0.3) is 0 Å². The maximum Gasteiger partial charge on any atom is 0.159 e. The van der Waals surface area contributed by atoms with E-state index in [0.29, 0.717) is 23.1 Å². The summed E-state index contributed by atoms with van der Waals surface area (Å²) in [6.07, 6.45) is 2.20. The zero-order chi connectivity index (χ0) is 14.8. The lowest BCUT2D eigenvalue weighted by Gasteiger charge is -2.01. The maximum atomic E-state index is 13.3. The van der Waals surface area contributed by atoms with Crippen molar-refractivity contribution in [1.82, 2.24) is 9.78 Å². The molecular weight excluding hydrogens is 274 g/mol. The summed E-state index contributed by atoms with van der Waals surface area (Å²) < 4.78 is 27.9. The number of aldehydes is 1. The van der Waals surface area contributed by atoms with E-state index in [-0.39, 0.29) is 0 Å². The van der Waals surface area contributed by atoms with Crippen LogP contribution in [0.3, 0.4) is 0 Å². The summed E-state index contributed by atoms with van der Waals surface area (Å²) in [5.74, 6) is -1.91. The molecule has 1 heterocycles. The van der Waals surface area contributed by atoms with Gasteiger partial charge in [-0.25, -0.2) is 13.5 Å². The number of aromatic nitrogens is 2. The topological polar surface area (TPSA) is 34.9 Å². The molecule has 2 aromatic carbocycles. The molecule has 0 spiro atoms. The number of nitrogens with zero attached hydrogens (tertiary/aromatic N) is 2. The standard InChI is InChI=1S/C16H10F2N2O/c17-14-7-6-11(8-15(14)18)16-12(10-21)9-20(19-16)13-4-2-1-3-5-13/h1-10H. The minimum absolute atomic E-state index is 0.310. The minimum atomic E-state index is -0.974. The molecule has 3 rings (SSSR count). The van der Waals surface area contributed by atoms with Crippen LogP contribution in [0.15, 0.2) is 54.7 Å². The van der Waals surface area contributed by atoms with Crippen molar-refractivity contribution >= 4 is 6.29 Å². The third-order valence-electron chi connectivity index (χ3n) is 3.08. The summed E-state index contributed by atoms with van der Waals surface area (Å²) in [4.78, 5) is 11.2. The van der Waals surface area contributed by atoms with Gasteiger partial charge in [-0.2, -0.15) is 5.10 Å². The van der Waals surface area contributed by atoms with E-state index in [1.807, 2.05) is 30.3 Å². The number of hydrogen-bond acceptors (Lipinski definition) is 2. The Morgan fingerprint density at radius 2 is 1.76 bits per heavy atom. The number of halogens is 2. The molecule has 21 heavy (non-hydrogen) atoms. The van der Waals surface area contributed by atoms with Gasteiger partial charge in [0.05, 0.1) is 11.3 Å². The summed E-state index contributed by atoms with van der Waals surface area (Å²) in [7, 11) is 0. The van der Waals surface area contributed by atoms with Gasteiger partial charge in [0, 0.05) is 11.8 Å². The Hall–Kier alpha value is -2.82. The average Bonchev–Trinajstić information content (AvgIpc) is 2.95. The zero-order valence-electron chi connectivity index (χ0n) is 10.8. The third kappa shape index (κ3) is 2.45. The molecule has 0 bridgehead atoms. The Kier molecular flexibility index (Phi) is 3.31. The van der Waals surface area contributed by atoms with E-state index in [1.54, 1.807) is 6.20 Å². The highest BCUT2D eigenvalue weighted by Gasteiger charge is 2.13. The summed E-state index contributed by atoms with van der Waals surface area (Å²) >= 11 is 0. The summed E-state index contributed by atoms with van der Waals surface area (Å²) in [6.45, 7) is 0. The van der Waals surface area contributed by atoms with Gasteiger partial charge in [-0.1, -0.05) is 18.2 Å². The van der Waals surface area contributed by atoms with Crippen LogP contribution in [0.1, 0.15) is 10.4 Å². The molecule has 0 fully saturated rings. The van der Waals surface area contributed by atoms with Crippen LogP contribution in [-0.2, 0) is 0 Å². The van der Waals surface area contributed by atoms with Gasteiger partial charge in [-0.05, 0) is 30.3 Å². The largest absolute Gasteiger partial charge is 0.298 e. The van der Waals surface area contributed by atoms with E-state index in [0.717, 1.165) is 17.8 Å². The smallest absolute Gasteiger partial charge is 0.159 e. The molecular formula is C16H10F2N2O. The maximum absolute atomic E-state index is 13.3. The molecule has 0 N–H and O–H groups in total. The van der Waals surface area contributed by atoms with Crippen LogP contribution in [0, 0.1) is 11.6 Å². The molecule has 0 aliphatic rings. The van der Waals surface area contributed by atoms with Crippen molar-refractivity contribution in [3.05, 3.63) is 71.9 Å². The molecule has 0 saturated carbocycles. The molecule has 3 aromatic rings. The molecule has 0 unspecified atom stereocenters. The highest BCUT2D eigenvalue weighted by molar-refractivity contribution is 5.85. The van der Waals surface area contributed by atoms with Gasteiger partial charge < -0.3 is 0 Å². The van der Waals surface area contributed by atoms with Crippen LogP contribution >= 0.6 is 0 Å². The van der Waals surface area contributed by atoms with Gasteiger partial charge in [-0.3, -0.25) is 4.79 Å². The number of hydrogen-bond donors (Lipinski definition) is 0. The van der Waals surface area contributed by atoms with Gasteiger partial charge in [0.2, 0.25) is 0 Å². The predicted molar refractivity (Wildman–Crippen MR) is 74.3 cm³/mol. The van der Waals surface area contributed by atoms with Crippen LogP contribution in [0.5, 0.6) is 0 Å². The van der Waals surface area contributed by atoms with Crippen molar-refractivity contribution < 1.29 is 13.6 Å². The lowest BCUT2D eigenvalue weighted by atomic mass is 10.1. The first kappa shape index (κ1) is 13.2. The fraction of sp³-hybridized carbons (Fsp3) is 0. The van der Waals surface area contributed by atoms with Crippen LogP contribution in [-0.4, -0.2) is 16.1 Å². The monoisotopic (exact) mass is 284 g/mol. The predicted octanol–water partition coefficient (Wildman–Crippen LogP) is 3.63. The van der Waals surface area contributed by atoms with Crippen molar-refractivity contribution in [3.63, 3.8) is 0 Å². The quantitative estimate of drug-likeness (QED) is 0.688. The van der Waals surface area contributed by atoms with Crippen LogP contribution < -0.4 is 0 Å². The van der Waals surface area contributed by atoms with Crippen molar-refractivity contribution in [2.24, 2.45) is 0 Å². The second kappa shape index (κ2) is 5.28. The molecule has 0 aliphatic heterocycles. The molecule has 5 heteroatoms. The SMILES string of the molecule is O=Cc1cn(-c2ccccc2)nc1-c1ccc(F)c(F)c1. The normalized spacial score (nSPS) is 10.6.